The molecule has 0 fully saturated rings. The topological polar surface area (TPSA) is 93.5 Å². The lowest BCUT2D eigenvalue weighted by Crippen LogP contribution is -2.35. The van der Waals surface area contributed by atoms with E-state index in [4.69, 9.17) is 11.5 Å². The molecule has 5 heteroatoms. The van der Waals surface area contributed by atoms with E-state index in [0.717, 1.165) is 19.4 Å². The maximum Gasteiger partial charge on any atom is 0.185 e. The zero-order valence-corrected chi connectivity index (χ0v) is 8.92. The fourth-order valence-corrected chi connectivity index (χ4v) is 1.20. The summed E-state index contributed by atoms with van der Waals surface area (Å²) >= 11 is 0. The second kappa shape index (κ2) is 7.32. The lowest BCUT2D eigenvalue weighted by molar-refractivity contribution is -0.119. The van der Waals surface area contributed by atoms with Gasteiger partial charge in [-0.15, -0.1) is 0 Å². The highest BCUT2D eigenvalue weighted by Crippen LogP contribution is 1.98. The second-order valence-corrected chi connectivity index (χ2v) is 3.17. The molecule has 0 aromatic heterocycles. The standard InChI is InChI=1S/C9H20N4O/c1-3-12-8(7(2)14)5-4-6-13-9(10)11/h8,12H,3-6H2,1-2H3,(H4,10,11,13). The monoisotopic (exact) mass is 200 g/mol. The van der Waals surface area contributed by atoms with Gasteiger partial charge in [-0.3, -0.25) is 9.79 Å². The fraction of sp³-hybridized carbons (Fsp3) is 0.778. The van der Waals surface area contributed by atoms with Crippen LogP contribution < -0.4 is 16.8 Å². The molecule has 82 valence electrons. The molecule has 0 bridgehead atoms. The van der Waals surface area contributed by atoms with Crippen LogP contribution in [0.4, 0.5) is 0 Å². The number of ketones is 1. The number of carbonyl (C=O) groups excluding carboxylic acids is 1. The number of hydrogen-bond donors (Lipinski definition) is 3. The fourth-order valence-electron chi connectivity index (χ4n) is 1.20. The quantitative estimate of drug-likeness (QED) is 0.296. The summed E-state index contributed by atoms with van der Waals surface area (Å²) in [6.45, 7) is 4.95. The van der Waals surface area contributed by atoms with Crippen molar-refractivity contribution in [1.82, 2.24) is 5.32 Å². The molecule has 0 aliphatic rings. The van der Waals surface area contributed by atoms with Crippen LogP contribution in [0.5, 0.6) is 0 Å². The Kier molecular flexibility index (Phi) is 6.74. The van der Waals surface area contributed by atoms with Gasteiger partial charge in [0.1, 0.15) is 5.78 Å². The summed E-state index contributed by atoms with van der Waals surface area (Å²) in [4.78, 5) is 15.0. The number of guanidine groups is 1. The Labute approximate surface area is 84.9 Å². The number of nitrogens with zero attached hydrogens (tertiary/aromatic N) is 1. The molecule has 5 nitrogen and oxygen atoms in total. The highest BCUT2D eigenvalue weighted by atomic mass is 16.1. The molecule has 0 saturated carbocycles. The minimum atomic E-state index is -0.0609. The smallest absolute Gasteiger partial charge is 0.185 e. The van der Waals surface area contributed by atoms with Gasteiger partial charge in [0.05, 0.1) is 6.04 Å². The van der Waals surface area contributed by atoms with Crippen LogP contribution in [0.1, 0.15) is 26.7 Å². The van der Waals surface area contributed by atoms with E-state index in [1.807, 2.05) is 6.92 Å². The molecule has 0 amide bonds. The van der Waals surface area contributed by atoms with Crippen molar-refractivity contribution in [2.24, 2.45) is 16.5 Å². The molecule has 0 aliphatic heterocycles. The van der Waals surface area contributed by atoms with Crippen LogP contribution in [0.25, 0.3) is 0 Å². The number of carbonyl (C=O) groups is 1. The normalized spacial score (nSPS) is 12.1. The van der Waals surface area contributed by atoms with Gasteiger partial charge in [0.15, 0.2) is 5.96 Å². The molecule has 0 radical (unpaired) electrons. The Balaban J connectivity index is 3.72. The number of Topliss-reactive ketones (excluding diaryl/α,β-unsaturated/α-hetero) is 1. The van der Waals surface area contributed by atoms with Crippen molar-refractivity contribution in [2.45, 2.75) is 32.7 Å². The van der Waals surface area contributed by atoms with Gasteiger partial charge in [0, 0.05) is 6.54 Å². The molecule has 1 unspecified atom stereocenters. The van der Waals surface area contributed by atoms with E-state index in [-0.39, 0.29) is 17.8 Å². The first-order chi connectivity index (χ1) is 6.57. The molecule has 5 N–H and O–H groups in total. The van der Waals surface area contributed by atoms with Crippen molar-refractivity contribution < 1.29 is 4.79 Å². The minimum Gasteiger partial charge on any atom is -0.370 e. The van der Waals surface area contributed by atoms with Crippen molar-refractivity contribution in [3.63, 3.8) is 0 Å². The molecular formula is C9H20N4O. The number of nitrogens with two attached hydrogens (primary N) is 2. The van der Waals surface area contributed by atoms with Gasteiger partial charge in [-0.05, 0) is 26.3 Å². The van der Waals surface area contributed by atoms with Gasteiger partial charge < -0.3 is 16.8 Å². The van der Waals surface area contributed by atoms with Crippen LogP contribution in [-0.2, 0) is 4.79 Å². The van der Waals surface area contributed by atoms with Crippen molar-refractivity contribution in [3.05, 3.63) is 0 Å². The number of likely N-dealkylation sites (N-methyl/N-ethyl adjacent to an activating group) is 1. The molecule has 0 aromatic rings. The average molecular weight is 200 g/mol. The van der Waals surface area contributed by atoms with Crippen LogP contribution in [0.15, 0.2) is 4.99 Å². The largest absolute Gasteiger partial charge is 0.370 e. The van der Waals surface area contributed by atoms with Crippen LogP contribution in [-0.4, -0.2) is 30.9 Å². The van der Waals surface area contributed by atoms with Gasteiger partial charge in [-0.2, -0.15) is 0 Å². The van der Waals surface area contributed by atoms with E-state index in [2.05, 4.69) is 10.3 Å². The van der Waals surface area contributed by atoms with Crippen molar-refractivity contribution in [3.8, 4) is 0 Å². The highest BCUT2D eigenvalue weighted by Gasteiger charge is 2.11. The Bertz CT molecular complexity index is 199. The van der Waals surface area contributed by atoms with E-state index in [9.17, 15) is 4.79 Å². The van der Waals surface area contributed by atoms with Gasteiger partial charge in [0.2, 0.25) is 0 Å². The first-order valence-electron chi connectivity index (χ1n) is 4.87. The van der Waals surface area contributed by atoms with Crippen LogP contribution in [0.3, 0.4) is 0 Å². The maximum atomic E-state index is 11.1. The summed E-state index contributed by atoms with van der Waals surface area (Å²) in [5.74, 6) is 0.268. The third-order valence-corrected chi connectivity index (χ3v) is 1.89. The molecule has 0 saturated heterocycles. The average Bonchev–Trinajstić information content (AvgIpc) is 2.09. The predicted octanol–water partition coefficient (Wildman–Crippen LogP) is -0.393. The summed E-state index contributed by atoms with van der Waals surface area (Å²) in [5, 5.41) is 3.11. The van der Waals surface area contributed by atoms with E-state index in [1.54, 1.807) is 6.92 Å². The van der Waals surface area contributed by atoms with Gasteiger partial charge in [-0.25, -0.2) is 0 Å². The van der Waals surface area contributed by atoms with Gasteiger partial charge >= 0.3 is 0 Å². The maximum absolute atomic E-state index is 11.1. The third-order valence-electron chi connectivity index (χ3n) is 1.89. The SMILES string of the molecule is CCNC(CCCN=C(N)N)C(C)=O. The molecule has 1 atom stereocenters. The van der Waals surface area contributed by atoms with E-state index in [0.29, 0.717) is 6.54 Å². The molecular weight excluding hydrogens is 180 g/mol. The summed E-state index contributed by atoms with van der Waals surface area (Å²) in [5.41, 5.74) is 10.3. The van der Waals surface area contributed by atoms with E-state index in [1.165, 1.54) is 0 Å². The number of rotatable bonds is 7. The van der Waals surface area contributed by atoms with Gasteiger partial charge in [-0.1, -0.05) is 6.92 Å². The minimum absolute atomic E-state index is 0.0609. The molecule has 0 heterocycles. The lowest BCUT2D eigenvalue weighted by atomic mass is 10.1. The molecule has 14 heavy (non-hydrogen) atoms. The number of nitrogens with one attached hydrogen (secondary N) is 1. The summed E-state index contributed by atoms with van der Waals surface area (Å²) in [6, 6.07) is -0.0609. The number of aliphatic imine (C=N–C) groups is 1. The van der Waals surface area contributed by atoms with E-state index >= 15 is 0 Å². The zero-order valence-electron chi connectivity index (χ0n) is 8.92. The summed E-state index contributed by atoms with van der Waals surface area (Å²) in [6.07, 6.45) is 1.59. The zero-order chi connectivity index (χ0) is 11.0. The first kappa shape index (κ1) is 12.9. The lowest BCUT2D eigenvalue weighted by Gasteiger charge is -2.13. The first-order valence-corrected chi connectivity index (χ1v) is 4.87. The summed E-state index contributed by atoms with van der Waals surface area (Å²) < 4.78 is 0. The molecule has 0 rings (SSSR count). The number of hydrogen-bond acceptors (Lipinski definition) is 3. The van der Waals surface area contributed by atoms with Crippen molar-refractivity contribution in [1.29, 1.82) is 0 Å². The Hall–Kier alpha value is -1.10. The third kappa shape index (κ3) is 6.42. The van der Waals surface area contributed by atoms with Crippen molar-refractivity contribution in [2.75, 3.05) is 13.1 Å². The summed E-state index contributed by atoms with van der Waals surface area (Å²) in [7, 11) is 0. The predicted molar refractivity (Wildman–Crippen MR) is 58.1 cm³/mol. The van der Waals surface area contributed by atoms with Crippen LogP contribution in [0, 0.1) is 0 Å². The Morgan fingerprint density at radius 1 is 1.50 bits per heavy atom. The van der Waals surface area contributed by atoms with Crippen LogP contribution in [0.2, 0.25) is 0 Å². The van der Waals surface area contributed by atoms with Crippen molar-refractivity contribution >= 4 is 11.7 Å². The van der Waals surface area contributed by atoms with Crippen LogP contribution >= 0.6 is 0 Å². The second-order valence-electron chi connectivity index (χ2n) is 3.17. The highest BCUT2D eigenvalue weighted by molar-refractivity contribution is 5.81. The van der Waals surface area contributed by atoms with E-state index < -0.39 is 0 Å². The van der Waals surface area contributed by atoms with Gasteiger partial charge in [0.25, 0.3) is 0 Å². The molecule has 0 spiro atoms. The molecule has 0 aliphatic carbocycles. The Morgan fingerprint density at radius 2 is 2.14 bits per heavy atom. The Morgan fingerprint density at radius 3 is 2.57 bits per heavy atom. The molecule has 0 aromatic carbocycles.